The minimum absolute atomic E-state index is 0.00717. The van der Waals surface area contributed by atoms with Crippen LogP contribution >= 0.6 is 0 Å². The molecule has 2 rings (SSSR count). The highest BCUT2D eigenvalue weighted by atomic mass is 16.3. The zero-order chi connectivity index (χ0) is 10.1. The third kappa shape index (κ3) is 1.10. The highest BCUT2D eigenvalue weighted by Crippen LogP contribution is 2.13. The molecule has 0 fully saturated rings. The largest absolute Gasteiger partial charge is 0.504 e. The Morgan fingerprint density at radius 3 is 3.07 bits per heavy atom. The molecule has 0 radical (unpaired) electrons. The normalized spacial score (nSPS) is 10.4. The fourth-order valence-corrected chi connectivity index (χ4v) is 1.26. The van der Waals surface area contributed by atoms with E-state index in [2.05, 4.69) is 10.3 Å². The summed E-state index contributed by atoms with van der Waals surface area (Å²) in [5, 5.41) is 12.1. The standard InChI is InChI=1S/C9H9N3O2/c1-10-6-5-11-8-7(13)3-2-4-12(8)9(6)14/h2-5,10,13H,1H3. The fourth-order valence-electron chi connectivity index (χ4n) is 1.26. The van der Waals surface area contributed by atoms with Gasteiger partial charge in [0.05, 0.1) is 6.20 Å². The predicted octanol–water partition coefficient (Wildman–Crippen LogP) is 0.442. The van der Waals surface area contributed by atoms with Crippen LogP contribution in [0.5, 0.6) is 5.75 Å². The lowest BCUT2D eigenvalue weighted by Gasteiger charge is -2.03. The summed E-state index contributed by atoms with van der Waals surface area (Å²) >= 11 is 0. The smallest absolute Gasteiger partial charge is 0.281 e. The van der Waals surface area contributed by atoms with E-state index in [1.165, 1.54) is 16.7 Å². The molecular formula is C9H9N3O2. The highest BCUT2D eigenvalue weighted by molar-refractivity contribution is 5.55. The van der Waals surface area contributed by atoms with E-state index in [0.717, 1.165) is 0 Å². The predicted molar refractivity (Wildman–Crippen MR) is 52.7 cm³/mol. The number of aromatic nitrogens is 2. The van der Waals surface area contributed by atoms with Crippen molar-refractivity contribution in [1.82, 2.24) is 9.38 Å². The quantitative estimate of drug-likeness (QED) is 0.686. The molecular weight excluding hydrogens is 182 g/mol. The summed E-state index contributed by atoms with van der Waals surface area (Å²) in [4.78, 5) is 15.6. The molecule has 5 nitrogen and oxygen atoms in total. The van der Waals surface area contributed by atoms with E-state index in [1.54, 1.807) is 19.3 Å². The number of hydrogen-bond donors (Lipinski definition) is 2. The van der Waals surface area contributed by atoms with Crippen molar-refractivity contribution < 1.29 is 5.11 Å². The molecule has 0 atom stereocenters. The number of nitrogens with one attached hydrogen (secondary N) is 1. The zero-order valence-corrected chi connectivity index (χ0v) is 7.56. The lowest BCUT2D eigenvalue weighted by atomic mass is 10.4. The summed E-state index contributed by atoms with van der Waals surface area (Å²) < 4.78 is 1.29. The van der Waals surface area contributed by atoms with Crippen molar-refractivity contribution in [2.45, 2.75) is 0 Å². The number of pyridine rings is 1. The molecule has 0 saturated carbocycles. The molecule has 0 bridgehead atoms. The monoisotopic (exact) mass is 191 g/mol. The maximum Gasteiger partial charge on any atom is 0.281 e. The second-order valence-corrected chi connectivity index (χ2v) is 2.81. The van der Waals surface area contributed by atoms with Gasteiger partial charge in [0.25, 0.3) is 5.56 Å². The van der Waals surface area contributed by atoms with Crippen LogP contribution in [0.3, 0.4) is 0 Å². The summed E-state index contributed by atoms with van der Waals surface area (Å²) in [6.45, 7) is 0. The van der Waals surface area contributed by atoms with Gasteiger partial charge < -0.3 is 10.4 Å². The van der Waals surface area contributed by atoms with E-state index < -0.39 is 0 Å². The first-order valence-electron chi connectivity index (χ1n) is 4.11. The van der Waals surface area contributed by atoms with Crippen LogP contribution in [0.2, 0.25) is 0 Å². The van der Waals surface area contributed by atoms with Gasteiger partial charge in [-0.25, -0.2) is 4.98 Å². The molecule has 0 unspecified atom stereocenters. The number of fused-ring (bicyclic) bond motifs is 1. The van der Waals surface area contributed by atoms with Gasteiger partial charge in [0.2, 0.25) is 0 Å². The van der Waals surface area contributed by atoms with Crippen LogP contribution in [0.15, 0.2) is 29.3 Å². The van der Waals surface area contributed by atoms with E-state index in [0.29, 0.717) is 5.69 Å². The number of aromatic hydroxyl groups is 1. The Balaban J connectivity index is 2.91. The molecule has 2 N–H and O–H groups in total. The maximum absolute atomic E-state index is 11.7. The second-order valence-electron chi connectivity index (χ2n) is 2.81. The SMILES string of the molecule is CNc1cnc2c(O)cccn2c1=O. The van der Waals surface area contributed by atoms with E-state index >= 15 is 0 Å². The third-order valence-electron chi connectivity index (χ3n) is 1.98. The summed E-state index contributed by atoms with van der Waals surface area (Å²) in [7, 11) is 1.65. The van der Waals surface area contributed by atoms with Crippen LogP contribution in [-0.2, 0) is 0 Å². The Bertz CT molecular complexity index is 533. The molecule has 14 heavy (non-hydrogen) atoms. The van der Waals surface area contributed by atoms with Crippen LogP contribution < -0.4 is 10.9 Å². The molecule has 0 aliphatic rings. The summed E-state index contributed by atoms with van der Waals surface area (Å²) in [6, 6.07) is 3.08. The van der Waals surface area contributed by atoms with Gasteiger partial charge in [-0.05, 0) is 12.1 Å². The zero-order valence-electron chi connectivity index (χ0n) is 7.56. The van der Waals surface area contributed by atoms with Crippen LogP contribution in [0.1, 0.15) is 0 Å². The maximum atomic E-state index is 11.7. The molecule has 72 valence electrons. The van der Waals surface area contributed by atoms with Gasteiger partial charge in [-0.1, -0.05) is 0 Å². The van der Waals surface area contributed by atoms with E-state index in [4.69, 9.17) is 0 Å². The van der Waals surface area contributed by atoms with Gasteiger partial charge in [0.1, 0.15) is 5.69 Å². The van der Waals surface area contributed by atoms with Gasteiger partial charge in [-0.3, -0.25) is 9.20 Å². The molecule has 2 heterocycles. The fraction of sp³-hybridized carbons (Fsp3) is 0.111. The highest BCUT2D eigenvalue weighted by Gasteiger charge is 2.04. The van der Waals surface area contributed by atoms with Crippen LogP contribution in [-0.4, -0.2) is 21.5 Å². The molecule has 2 aromatic heterocycles. The molecule has 0 amide bonds. The van der Waals surface area contributed by atoms with Crippen molar-refractivity contribution in [1.29, 1.82) is 0 Å². The molecule has 5 heteroatoms. The molecule has 0 spiro atoms. The minimum atomic E-state index is -0.228. The van der Waals surface area contributed by atoms with Gasteiger partial charge in [0, 0.05) is 13.2 Å². The van der Waals surface area contributed by atoms with E-state index in [9.17, 15) is 9.90 Å². The van der Waals surface area contributed by atoms with Crippen LogP contribution in [0.4, 0.5) is 5.69 Å². The van der Waals surface area contributed by atoms with Gasteiger partial charge >= 0.3 is 0 Å². The Hall–Kier alpha value is -2.04. The van der Waals surface area contributed by atoms with Crippen molar-refractivity contribution in [3.63, 3.8) is 0 Å². The molecule has 0 aromatic carbocycles. The second kappa shape index (κ2) is 3.02. The molecule has 0 saturated heterocycles. The molecule has 2 aromatic rings. The van der Waals surface area contributed by atoms with Gasteiger partial charge in [-0.15, -0.1) is 0 Å². The first-order valence-corrected chi connectivity index (χ1v) is 4.11. The number of hydrogen-bond acceptors (Lipinski definition) is 4. The topological polar surface area (TPSA) is 66.6 Å². The lowest BCUT2D eigenvalue weighted by Crippen LogP contribution is -2.17. The Kier molecular flexibility index (Phi) is 1.85. The first-order chi connectivity index (χ1) is 6.74. The summed E-state index contributed by atoms with van der Waals surface area (Å²) in [5.41, 5.74) is 0.429. The van der Waals surface area contributed by atoms with Crippen molar-refractivity contribution in [2.24, 2.45) is 0 Å². The number of anilines is 1. The van der Waals surface area contributed by atoms with Crippen LogP contribution in [0, 0.1) is 0 Å². The number of nitrogens with zero attached hydrogens (tertiary/aromatic N) is 2. The van der Waals surface area contributed by atoms with E-state index in [-0.39, 0.29) is 17.0 Å². The molecule has 0 aliphatic carbocycles. The Morgan fingerprint density at radius 1 is 1.57 bits per heavy atom. The minimum Gasteiger partial charge on any atom is -0.504 e. The van der Waals surface area contributed by atoms with Crippen LogP contribution in [0.25, 0.3) is 5.65 Å². The van der Waals surface area contributed by atoms with Crippen molar-refractivity contribution in [2.75, 3.05) is 12.4 Å². The van der Waals surface area contributed by atoms with Crippen molar-refractivity contribution in [3.05, 3.63) is 34.9 Å². The van der Waals surface area contributed by atoms with Crippen molar-refractivity contribution >= 4 is 11.3 Å². The lowest BCUT2D eigenvalue weighted by molar-refractivity contribution is 0.477. The average molecular weight is 191 g/mol. The summed E-state index contributed by atoms with van der Waals surface area (Å²) in [5.74, 6) is -0.00717. The van der Waals surface area contributed by atoms with Gasteiger partial charge in [-0.2, -0.15) is 0 Å². The third-order valence-corrected chi connectivity index (χ3v) is 1.98. The Labute approximate surface area is 79.7 Å². The summed E-state index contributed by atoms with van der Waals surface area (Å²) in [6.07, 6.45) is 2.96. The first kappa shape index (κ1) is 8.55. The molecule has 0 aliphatic heterocycles. The van der Waals surface area contributed by atoms with E-state index in [1.807, 2.05) is 0 Å². The van der Waals surface area contributed by atoms with Gasteiger partial charge in [0.15, 0.2) is 11.4 Å². The average Bonchev–Trinajstić information content (AvgIpc) is 2.20. The van der Waals surface area contributed by atoms with Crippen molar-refractivity contribution in [3.8, 4) is 5.75 Å². The Morgan fingerprint density at radius 2 is 2.36 bits per heavy atom. The number of rotatable bonds is 1.